The number of nitrogens with two attached hydrogens (primary N) is 1. The van der Waals surface area contributed by atoms with Crippen molar-refractivity contribution in [2.24, 2.45) is 5.73 Å². The second kappa shape index (κ2) is 7.91. The van der Waals surface area contributed by atoms with E-state index in [4.69, 9.17) is 10.5 Å². The molecule has 1 heterocycles. The van der Waals surface area contributed by atoms with Crippen LogP contribution in [0.4, 0.5) is 0 Å². The Labute approximate surface area is 130 Å². The minimum absolute atomic E-state index is 0.123. The van der Waals surface area contributed by atoms with E-state index < -0.39 is 6.04 Å². The van der Waals surface area contributed by atoms with Gasteiger partial charge in [-0.3, -0.25) is 9.59 Å². The molecular weight excluding hydrogens is 282 g/mol. The number of ether oxygens (including phenoxy) is 1. The molecular formula is C16H23N3O3. The molecule has 0 spiro atoms. The Morgan fingerprint density at radius 1 is 1.41 bits per heavy atom. The number of hydrogen-bond donors (Lipinski definition) is 3. The molecule has 1 saturated heterocycles. The van der Waals surface area contributed by atoms with Crippen LogP contribution < -0.4 is 16.4 Å². The summed E-state index contributed by atoms with van der Waals surface area (Å²) < 4.78 is 5.48. The molecule has 120 valence electrons. The molecule has 6 nitrogen and oxygen atoms in total. The summed E-state index contributed by atoms with van der Waals surface area (Å²) in [5.74, 6) is -0.343. The topological polar surface area (TPSA) is 93.5 Å². The van der Waals surface area contributed by atoms with E-state index >= 15 is 0 Å². The van der Waals surface area contributed by atoms with E-state index in [0.717, 1.165) is 25.0 Å². The van der Waals surface area contributed by atoms with E-state index in [0.29, 0.717) is 18.7 Å². The van der Waals surface area contributed by atoms with Crippen LogP contribution in [0.25, 0.3) is 0 Å². The summed E-state index contributed by atoms with van der Waals surface area (Å²) in [5, 5.41) is 5.61. The molecule has 1 aromatic carbocycles. The van der Waals surface area contributed by atoms with Gasteiger partial charge in [0, 0.05) is 25.3 Å². The van der Waals surface area contributed by atoms with Crippen molar-refractivity contribution in [2.45, 2.75) is 38.5 Å². The van der Waals surface area contributed by atoms with Gasteiger partial charge >= 0.3 is 0 Å². The van der Waals surface area contributed by atoms with Gasteiger partial charge in [0.25, 0.3) is 5.91 Å². The molecule has 0 aromatic heterocycles. The third-order valence-corrected chi connectivity index (χ3v) is 3.58. The first kappa shape index (κ1) is 16.5. The zero-order chi connectivity index (χ0) is 15.9. The maximum Gasteiger partial charge on any atom is 0.251 e. The Hall–Kier alpha value is -1.92. The van der Waals surface area contributed by atoms with Gasteiger partial charge in [0.15, 0.2) is 0 Å². The van der Waals surface area contributed by atoms with Crippen LogP contribution in [0, 0.1) is 0 Å². The first-order valence-electron chi connectivity index (χ1n) is 7.58. The quantitative estimate of drug-likeness (QED) is 0.716. The molecule has 0 aliphatic carbocycles. The molecule has 0 bridgehead atoms. The number of benzene rings is 1. The van der Waals surface area contributed by atoms with Crippen molar-refractivity contribution < 1.29 is 14.3 Å². The lowest BCUT2D eigenvalue weighted by Crippen LogP contribution is -2.37. The van der Waals surface area contributed by atoms with Crippen molar-refractivity contribution in [3.05, 3.63) is 35.4 Å². The Morgan fingerprint density at radius 2 is 2.23 bits per heavy atom. The monoisotopic (exact) mass is 305 g/mol. The van der Waals surface area contributed by atoms with Gasteiger partial charge in [-0.15, -0.1) is 0 Å². The minimum Gasteiger partial charge on any atom is -0.376 e. The largest absolute Gasteiger partial charge is 0.376 e. The smallest absolute Gasteiger partial charge is 0.251 e. The summed E-state index contributed by atoms with van der Waals surface area (Å²) in [6, 6.07) is 6.64. The van der Waals surface area contributed by atoms with Crippen molar-refractivity contribution in [1.82, 2.24) is 10.6 Å². The maximum absolute atomic E-state index is 12.1. The summed E-state index contributed by atoms with van der Waals surface area (Å²) in [4.78, 5) is 23.6. The van der Waals surface area contributed by atoms with E-state index in [-0.39, 0.29) is 17.9 Å². The lowest BCUT2D eigenvalue weighted by atomic mass is 10.1. The first-order chi connectivity index (χ1) is 10.6. The second-order valence-electron chi connectivity index (χ2n) is 5.55. The summed E-state index contributed by atoms with van der Waals surface area (Å²) in [6.07, 6.45) is 2.16. The molecule has 6 heteroatoms. The van der Waals surface area contributed by atoms with Gasteiger partial charge in [-0.1, -0.05) is 12.1 Å². The average Bonchev–Trinajstić information content (AvgIpc) is 3.03. The van der Waals surface area contributed by atoms with E-state index in [1.807, 2.05) is 6.07 Å². The fourth-order valence-corrected chi connectivity index (χ4v) is 2.29. The van der Waals surface area contributed by atoms with Gasteiger partial charge < -0.3 is 21.1 Å². The van der Waals surface area contributed by atoms with Crippen LogP contribution in [-0.2, 0) is 16.1 Å². The van der Waals surface area contributed by atoms with E-state index in [1.54, 1.807) is 25.1 Å². The predicted octanol–water partition coefficient (Wildman–Crippen LogP) is 0.559. The lowest BCUT2D eigenvalue weighted by Gasteiger charge is -2.12. The third kappa shape index (κ3) is 4.82. The average molecular weight is 305 g/mol. The Morgan fingerprint density at radius 3 is 2.91 bits per heavy atom. The van der Waals surface area contributed by atoms with Crippen molar-refractivity contribution in [3.8, 4) is 0 Å². The molecule has 1 aliphatic rings. The Bertz CT molecular complexity index is 525. The highest BCUT2D eigenvalue weighted by atomic mass is 16.5. The third-order valence-electron chi connectivity index (χ3n) is 3.58. The molecule has 1 aliphatic heterocycles. The van der Waals surface area contributed by atoms with Crippen molar-refractivity contribution in [1.29, 1.82) is 0 Å². The molecule has 2 amide bonds. The highest BCUT2D eigenvalue weighted by Gasteiger charge is 2.16. The van der Waals surface area contributed by atoms with Crippen LogP contribution in [0.3, 0.4) is 0 Å². The second-order valence-corrected chi connectivity index (χ2v) is 5.55. The highest BCUT2D eigenvalue weighted by molar-refractivity contribution is 5.94. The standard InChI is InChI=1S/C16H23N3O3/c1-11(17)15(20)18-9-12-4-2-5-13(8-12)16(21)19-10-14-6-3-7-22-14/h2,4-5,8,11,14H,3,6-7,9-10,17H2,1H3,(H,18,20)(H,19,21)/t11-,14?/m0/s1. The molecule has 22 heavy (non-hydrogen) atoms. The van der Waals surface area contributed by atoms with Crippen LogP contribution >= 0.6 is 0 Å². The molecule has 1 fully saturated rings. The van der Waals surface area contributed by atoms with Crippen molar-refractivity contribution in [3.63, 3.8) is 0 Å². The highest BCUT2D eigenvalue weighted by Crippen LogP contribution is 2.11. The normalized spacial score (nSPS) is 18.7. The van der Waals surface area contributed by atoms with Crippen LogP contribution in [0.2, 0.25) is 0 Å². The Balaban J connectivity index is 1.86. The zero-order valence-electron chi connectivity index (χ0n) is 12.8. The van der Waals surface area contributed by atoms with Gasteiger partial charge in [-0.05, 0) is 37.5 Å². The molecule has 4 N–H and O–H groups in total. The molecule has 1 unspecified atom stereocenters. The fourth-order valence-electron chi connectivity index (χ4n) is 2.29. The van der Waals surface area contributed by atoms with Gasteiger partial charge in [0.05, 0.1) is 12.1 Å². The van der Waals surface area contributed by atoms with Crippen molar-refractivity contribution in [2.75, 3.05) is 13.2 Å². The fraction of sp³-hybridized carbons (Fsp3) is 0.500. The molecule has 1 aromatic rings. The number of amides is 2. The van der Waals surface area contributed by atoms with Gasteiger partial charge in [0.1, 0.15) is 0 Å². The van der Waals surface area contributed by atoms with E-state index in [9.17, 15) is 9.59 Å². The molecule has 2 rings (SSSR count). The van der Waals surface area contributed by atoms with Crippen LogP contribution in [-0.4, -0.2) is 37.1 Å². The summed E-state index contributed by atoms with van der Waals surface area (Å²) in [6.45, 7) is 3.29. The number of hydrogen-bond acceptors (Lipinski definition) is 4. The molecule has 2 atom stereocenters. The van der Waals surface area contributed by atoms with Gasteiger partial charge in [0.2, 0.25) is 5.91 Å². The first-order valence-corrected chi connectivity index (χ1v) is 7.58. The number of carbonyl (C=O) groups excluding carboxylic acids is 2. The van der Waals surface area contributed by atoms with Gasteiger partial charge in [-0.2, -0.15) is 0 Å². The molecule has 0 saturated carbocycles. The van der Waals surface area contributed by atoms with Crippen LogP contribution in [0.5, 0.6) is 0 Å². The zero-order valence-corrected chi connectivity index (χ0v) is 12.8. The number of nitrogens with one attached hydrogen (secondary N) is 2. The summed E-state index contributed by atoms with van der Waals surface area (Å²) in [5.41, 5.74) is 6.92. The van der Waals surface area contributed by atoms with Crippen LogP contribution in [0.1, 0.15) is 35.7 Å². The van der Waals surface area contributed by atoms with Crippen molar-refractivity contribution >= 4 is 11.8 Å². The van der Waals surface area contributed by atoms with Gasteiger partial charge in [-0.25, -0.2) is 0 Å². The number of carbonyl (C=O) groups is 2. The minimum atomic E-state index is -0.544. The lowest BCUT2D eigenvalue weighted by molar-refractivity contribution is -0.122. The predicted molar refractivity (Wildman–Crippen MR) is 83.2 cm³/mol. The summed E-state index contributed by atoms with van der Waals surface area (Å²) >= 11 is 0. The SMILES string of the molecule is C[C@H](N)C(=O)NCc1cccc(C(=O)NCC2CCCO2)c1. The van der Waals surface area contributed by atoms with E-state index in [2.05, 4.69) is 10.6 Å². The van der Waals surface area contributed by atoms with Crippen LogP contribution in [0.15, 0.2) is 24.3 Å². The maximum atomic E-state index is 12.1. The number of rotatable bonds is 6. The summed E-state index contributed by atoms with van der Waals surface area (Å²) in [7, 11) is 0. The van der Waals surface area contributed by atoms with E-state index in [1.165, 1.54) is 0 Å². The molecule has 0 radical (unpaired) electrons. The Kier molecular flexibility index (Phi) is 5.91.